The van der Waals surface area contributed by atoms with E-state index in [-0.39, 0.29) is 18.0 Å². The lowest BCUT2D eigenvalue weighted by Gasteiger charge is -2.32. The molecule has 0 spiro atoms. The van der Waals surface area contributed by atoms with E-state index >= 15 is 0 Å². The van der Waals surface area contributed by atoms with Crippen LogP contribution in [0.3, 0.4) is 0 Å². The minimum Gasteiger partial charge on any atom is -0.361 e. The molecule has 0 radical (unpaired) electrons. The van der Waals surface area contributed by atoms with Gasteiger partial charge in [-0.1, -0.05) is 5.16 Å². The largest absolute Gasteiger partial charge is 0.361 e. The minimum absolute atomic E-state index is 0.0308. The number of nitrogens with zero attached hydrogens (tertiary/aromatic N) is 1. The Bertz CT molecular complexity index is 464. The van der Waals surface area contributed by atoms with Crippen LogP contribution in [0.5, 0.6) is 0 Å². The molecular formula is C15H28N4O2+2. The molecule has 1 aromatic rings. The number of aromatic nitrogens is 1. The number of nitrogens with one attached hydrogen (secondary N) is 3. The fraction of sp³-hybridized carbons (Fsp3) is 0.733. The summed E-state index contributed by atoms with van der Waals surface area (Å²) in [6, 6.07) is 2.25. The first-order valence-corrected chi connectivity index (χ1v) is 7.86. The maximum atomic E-state index is 12.1. The zero-order valence-corrected chi connectivity index (χ0v) is 13.5. The van der Waals surface area contributed by atoms with Gasteiger partial charge in [0.25, 0.3) is 5.91 Å². The van der Waals surface area contributed by atoms with Gasteiger partial charge < -0.3 is 19.6 Å². The zero-order chi connectivity index (χ0) is 15.4. The number of quaternary nitrogens is 2. The van der Waals surface area contributed by atoms with Crippen LogP contribution in [-0.2, 0) is 11.3 Å². The van der Waals surface area contributed by atoms with Crippen molar-refractivity contribution in [1.82, 2.24) is 10.5 Å². The van der Waals surface area contributed by atoms with E-state index in [9.17, 15) is 4.79 Å². The Morgan fingerprint density at radius 3 is 2.52 bits per heavy atom. The van der Waals surface area contributed by atoms with Gasteiger partial charge in [0, 0.05) is 12.1 Å². The summed E-state index contributed by atoms with van der Waals surface area (Å²) in [5.74, 6) is 1.03. The molecule has 118 valence electrons. The first kappa shape index (κ1) is 16.0. The number of piperazine rings is 1. The van der Waals surface area contributed by atoms with E-state index in [2.05, 4.69) is 10.5 Å². The third-order valence-electron chi connectivity index (χ3n) is 4.14. The molecule has 21 heavy (non-hydrogen) atoms. The van der Waals surface area contributed by atoms with Gasteiger partial charge in [-0.05, 0) is 27.7 Å². The van der Waals surface area contributed by atoms with Crippen molar-refractivity contribution in [2.75, 3.05) is 26.2 Å². The van der Waals surface area contributed by atoms with Crippen molar-refractivity contribution in [3.05, 3.63) is 17.5 Å². The van der Waals surface area contributed by atoms with Crippen molar-refractivity contribution in [3.8, 4) is 0 Å². The number of amides is 1. The molecule has 6 heteroatoms. The Kier molecular flexibility index (Phi) is 5.36. The highest BCUT2D eigenvalue weighted by molar-refractivity contribution is 5.80. The number of rotatable bonds is 5. The van der Waals surface area contributed by atoms with E-state index in [1.807, 2.05) is 33.8 Å². The van der Waals surface area contributed by atoms with E-state index < -0.39 is 0 Å². The molecule has 0 aliphatic carbocycles. The normalized spacial score (nSPS) is 24.0. The van der Waals surface area contributed by atoms with Crippen molar-refractivity contribution in [1.29, 1.82) is 0 Å². The lowest BCUT2D eigenvalue weighted by Crippen LogP contribution is -3.29. The number of hydrogen-bond acceptors (Lipinski definition) is 3. The first-order chi connectivity index (χ1) is 9.95. The van der Waals surface area contributed by atoms with Gasteiger partial charge in [-0.15, -0.1) is 0 Å². The van der Waals surface area contributed by atoms with Crippen molar-refractivity contribution in [2.24, 2.45) is 0 Å². The van der Waals surface area contributed by atoms with E-state index in [1.165, 1.54) is 9.80 Å². The number of aryl methyl sites for hydroxylation is 1. The summed E-state index contributed by atoms with van der Waals surface area (Å²) in [6.07, 6.45) is 0. The van der Waals surface area contributed by atoms with Crippen LogP contribution in [0, 0.1) is 6.92 Å². The third kappa shape index (κ3) is 4.54. The quantitative estimate of drug-likeness (QED) is 0.599. The highest BCUT2D eigenvalue weighted by atomic mass is 16.5. The maximum Gasteiger partial charge on any atom is 0.278 e. The first-order valence-electron chi connectivity index (χ1n) is 7.86. The number of carbonyl (C=O) groups excluding carboxylic acids is 1. The van der Waals surface area contributed by atoms with Gasteiger partial charge in [0.15, 0.2) is 6.04 Å². The second-order valence-electron chi connectivity index (χ2n) is 6.40. The third-order valence-corrected chi connectivity index (χ3v) is 4.14. The SMILES string of the molecule is Cc1cc(C[NH+]2CC[NH+]([C@@H](C)C(=O)NC(C)C)CC2)no1. The molecule has 0 unspecified atom stereocenters. The van der Waals surface area contributed by atoms with Crippen LogP contribution in [0.1, 0.15) is 32.2 Å². The highest BCUT2D eigenvalue weighted by Crippen LogP contribution is 1.99. The Hall–Kier alpha value is -1.40. The molecule has 1 fully saturated rings. The summed E-state index contributed by atoms with van der Waals surface area (Å²) in [6.45, 7) is 13.1. The van der Waals surface area contributed by atoms with Gasteiger partial charge in [0.2, 0.25) is 0 Å². The topological polar surface area (TPSA) is 64.0 Å². The molecule has 0 bridgehead atoms. The van der Waals surface area contributed by atoms with Crippen LogP contribution in [0.15, 0.2) is 10.6 Å². The van der Waals surface area contributed by atoms with Crippen LogP contribution in [0.25, 0.3) is 0 Å². The summed E-state index contributed by atoms with van der Waals surface area (Å²) in [7, 11) is 0. The predicted molar refractivity (Wildman–Crippen MR) is 79.1 cm³/mol. The van der Waals surface area contributed by atoms with Crippen LogP contribution in [0.4, 0.5) is 0 Å². The maximum absolute atomic E-state index is 12.1. The fourth-order valence-electron chi connectivity index (χ4n) is 2.89. The summed E-state index contributed by atoms with van der Waals surface area (Å²) < 4.78 is 5.11. The van der Waals surface area contributed by atoms with E-state index in [0.29, 0.717) is 0 Å². The second kappa shape index (κ2) is 7.04. The lowest BCUT2D eigenvalue weighted by molar-refractivity contribution is -1.02. The Balaban J connectivity index is 1.78. The van der Waals surface area contributed by atoms with Crippen LogP contribution < -0.4 is 15.1 Å². The molecule has 0 saturated carbocycles. The second-order valence-corrected chi connectivity index (χ2v) is 6.40. The minimum atomic E-state index is 0.0308. The van der Waals surface area contributed by atoms with E-state index in [1.54, 1.807) is 0 Å². The molecule has 1 saturated heterocycles. The summed E-state index contributed by atoms with van der Waals surface area (Å²) in [4.78, 5) is 15.0. The molecule has 2 heterocycles. The van der Waals surface area contributed by atoms with Crippen molar-refractivity contribution >= 4 is 5.91 Å². The average Bonchev–Trinajstić information content (AvgIpc) is 2.83. The Morgan fingerprint density at radius 1 is 1.33 bits per heavy atom. The van der Waals surface area contributed by atoms with Gasteiger partial charge in [-0.2, -0.15) is 0 Å². The smallest absolute Gasteiger partial charge is 0.278 e. The van der Waals surface area contributed by atoms with Crippen LogP contribution >= 0.6 is 0 Å². The Labute approximate surface area is 126 Å². The lowest BCUT2D eigenvalue weighted by atomic mass is 10.2. The van der Waals surface area contributed by atoms with Crippen LogP contribution in [0.2, 0.25) is 0 Å². The predicted octanol–water partition coefficient (Wildman–Crippen LogP) is -1.82. The molecular weight excluding hydrogens is 268 g/mol. The van der Waals surface area contributed by atoms with E-state index in [0.717, 1.165) is 44.2 Å². The zero-order valence-electron chi connectivity index (χ0n) is 13.5. The molecule has 1 aliphatic rings. The van der Waals surface area contributed by atoms with Gasteiger partial charge in [0.05, 0.1) is 0 Å². The average molecular weight is 296 g/mol. The highest BCUT2D eigenvalue weighted by Gasteiger charge is 2.31. The van der Waals surface area contributed by atoms with Gasteiger partial charge in [0.1, 0.15) is 44.2 Å². The molecule has 2 rings (SSSR count). The Morgan fingerprint density at radius 2 is 2.00 bits per heavy atom. The van der Waals surface area contributed by atoms with Crippen molar-refractivity contribution < 1.29 is 19.1 Å². The van der Waals surface area contributed by atoms with Gasteiger partial charge in [-0.25, -0.2) is 0 Å². The van der Waals surface area contributed by atoms with Crippen molar-refractivity contribution in [2.45, 2.75) is 46.3 Å². The molecule has 1 aliphatic heterocycles. The van der Waals surface area contributed by atoms with Crippen molar-refractivity contribution in [3.63, 3.8) is 0 Å². The molecule has 1 atom stereocenters. The number of hydrogen-bond donors (Lipinski definition) is 3. The monoisotopic (exact) mass is 296 g/mol. The summed E-state index contributed by atoms with van der Waals surface area (Å²) >= 11 is 0. The summed E-state index contributed by atoms with van der Waals surface area (Å²) in [5, 5.41) is 7.06. The molecule has 1 amide bonds. The van der Waals surface area contributed by atoms with E-state index in [4.69, 9.17) is 4.52 Å². The number of carbonyl (C=O) groups is 1. The molecule has 6 nitrogen and oxygen atoms in total. The van der Waals surface area contributed by atoms with Crippen LogP contribution in [-0.4, -0.2) is 49.3 Å². The molecule has 0 aromatic carbocycles. The van der Waals surface area contributed by atoms with Gasteiger partial charge >= 0.3 is 0 Å². The standard InChI is InChI=1S/C15H26N4O2/c1-11(2)16-15(20)13(4)19-7-5-18(6-8-19)10-14-9-12(3)21-17-14/h9,11,13H,5-8,10H2,1-4H3,(H,16,20)/p+2/t13-/m0/s1. The fourth-order valence-corrected chi connectivity index (χ4v) is 2.89. The van der Waals surface area contributed by atoms with Gasteiger partial charge in [-0.3, -0.25) is 4.79 Å². The molecule has 3 N–H and O–H groups in total. The molecule has 1 aromatic heterocycles. The summed E-state index contributed by atoms with van der Waals surface area (Å²) in [5.41, 5.74) is 1.02.